The van der Waals surface area contributed by atoms with Crippen LogP contribution in [-0.4, -0.2) is 94.4 Å². The van der Waals surface area contributed by atoms with Crippen LogP contribution in [0, 0.1) is 6.92 Å². The lowest BCUT2D eigenvalue weighted by Gasteiger charge is -2.35. The number of H-pyrrole nitrogens is 1. The number of aryl methyl sites for hydroxylation is 1. The molecule has 3 fully saturated rings. The molecule has 10 nitrogen and oxygen atoms in total. The number of likely N-dealkylation sites (tertiary alicyclic amines) is 1. The molecule has 42 heavy (non-hydrogen) atoms. The van der Waals surface area contributed by atoms with Crippen LogP contribution in [0.3, 0.4) is 0 Å². The highest BCUT2D eigenvalue weighted by Gasteiger charge is 2.32. The average molecular weight is 588 g/mol. The summed E-state index contributed by atoms with van der Waals surface area (Å²) in [6.07, 6.45) is 6.19. The van der Waals surface area contributed by atoms with E-state index in [1.54, 1.807) is 4.90 Å². The van der Waals surface area contributed by atoms with Gasteiger partial charge in [-0.25, -0.2) is 0 Å². The number of ether oxygens (including phenoxy) is 2. The number of carbonyl (C=O) groups is 1. The zero-order chi connectivity index (χ0) is 29.0. The van der Waals surface area contributed by atoms with Gasteiger partial charge in [0, 0.05) is 61.2 Å². The quantitative estimate of drug-likeness (QED) is 0.313. The van der Waals surface area contributed by atoms with E-state index in [2.05, 4.69) is 46.6 Å². The van der Waals surface area contributed by atoms with Crippen molar-refractivity contribution in [3.8, 4) is 22.9 Å². The Kier molecular flexibility index (Phi) is 6.90. The molecular formula is C31H34ClN7O3. The zero-order valence-electron chi connectivity index (χ0n) is 23.9. The van der Waals surface area contributed by atoms with Gasteiger partial charge < -0.3 is 24.2 Å². The average Bonchev–Trinajstić information content (AvgIpc) is 3.52. The molecule has 3 aliphatic rings. The van der Waals surface area contributed by atoms with Gasteiger partial charge in [0.2, 0.25) is 5.91 Å². The van der Waals surface area contributed by atoms with Crippen LogP contribution in [0.4, 0.5) is 5.82 Å². The normalized spacial score (nSPS) is 19.5. The molecule has 1 saturated carbocycles. The summed E-state index contributed by atoms with van der Waals surface area (Å²) in [6, 6.07) is 6.37. The minimum Gasteiger partial charge on any atom is -0.487 e. The number of rotatable bonds is 7. The Morgan fingerprint density at radius 2 is 1.86 bits per heavy atom. The molecule has 7 rings (SSSR count). The molecule has 2 aromatic carbocycles. The second-order valence-electron chi connectivity index (χ2n) is 11.5. The van der Waals surface area contributed by atoms with Crippen LogP contribution in [-0.2, 0) is 4.79 Å². The van der Waals surface area contributed by atoms with Gasteiger partial charge in [-0.3, -0.25) is 9.89 Å². The van der Waals surface area contributed by atoms with Crippen LogP contribution in [0.25, 0.3) is 32.9 Å². The molecule has 4 aromatic rings. The molecule has 0 bridgehead atoms. The minimum absolute atomic E-state index is 0.00357. The molecule has 0 radical (unpaired) electrons. The number of hydrogen-bond donors (Lipinski definition) is 1. The van der Waals surface area contributed by atoms with Gasteiger partial charge in [-0.2, -0.15) is 15.1 Å². The summed E-state index contributed by atoms with van der Waals surface area (Å²) in [7, 11) is 2.09. The van der Waals surface area contributed by atoms with Gasteiger partial charge in [0.25, 0.3) is 0 Å². The van der Waals surface area contributed by atoms with Crippen LogP contribution in [0.15, 0.2) is 37.1 Å². The van der Waals surface area contributed by atoms with Gasteiger partial charge in [-0.15, -0.1) is 0 Å². The number of anilines is 1. The topological polar surface area (TPSA) is 99.7 Å². The van der Waals surface area contributed by atoms with E-state index in [-0.39, 0.29) is 18.1 Å². The number of nitrogens with zero attached hydrogens (tertiary/aromatic N) is 6. The molecule has 1 N–H and O–H groups in total. The number of piperazine rings is 1. The third kappa shape index (κ3) is 4.92. The van der Waals surface area contributed by atoms with Gasteiger partial charge >= 0.3 is 6.01 Å². The monoisotopic (exact) mass is 587 g/mol. The Labute approximate surface area is 249 Å². The maximum atomic E-state index is 12.3. The number of aromatic nitrogens is 4. The number of hydrogen-bond acceptors (Lipinski definition) is 8. The Balaban J connectivity index is 1.41. The first-order valence-electron chi connectivity index (χ1n) is 14.5. The number of carbonyl (C=O) groups excluding carboxylic acids is 1. The fraction of sp³-hybridized carbons (Fsp3) is 0.419. The lowest BCUT2D eigenvalue weighted by atomic mass is 9.94. The number of likely N-dealkylation sites (N-methyl/N-ethyl adjacent to an activating group) is 1. The number of nitrogens with one attached hydrogen (secondary N) is 1. The SMILES string of the molecule is C=CC(=O)N1CCN(c2nc(O[C@H]3CCN(C)C3)nc3c(OC4CC4)c(-c4c(C)ccc5[nH]ncc45)c(Cl)cc23)CC1. The van der Waals surface area contributed by atoms with E-state index in [1.165, 1.54) is 6.08 Å². The first kappa shape index (κ1) is 27.0. The second kappa shape index (κ2) is 10.7. The molecule has 2 saturated heterocycles. The van der Waals surface area contributed by atoms with Gasteiger partial charge in [0.05, 0.1) is 22.8 Å². The molecule has 0 unspecified atom stereocenters. The molecule has 1 aliphatic carbocycles. The fourth-order valence-electron chi connectivity index (χ4n) is 6.03. The highest BCUT2D eigenvalue weighted by atomic mass is 35.5. The lowest BCUT2D eigenvalue weighted by molar-refractivity contribution is -0.126. The zero-order valence-corrected chi connectivity index (χ0v) is 24.7. The molecule has 1 atom stereocenters. The van der Waals surface area contributed by atoms with E-state index < -0.39 is 0 Å². The smallest absolute Gasteiger partial charge is 0.319 e. The summed E-state index contributed by atoms with van der Waals surface area (Å²) in [5.41, 5.74) is 4.44. The Morgan fingerprint density at radius 1 is 1.05 bits per heavy atom. The van der Waals surface area contributed by atoms with Crippen molar-refractivity contribution in [3.05, 3.63) is 47.6 Å². The summed E-state index contributed by atoms with van der Waals surface area (Å²) in [5, 5.41) is 9.72. The summed E-state index contributed by atoms with van der Waals surface area (Å²) in [5.74, 6) is 1.32. The molecule has 2 aliphatic heterocycles. The van der Waals surface area contributed by atoms with Crippen molar-refractivity contribution in [1.82, 2.24) is 30.0 Å². The summed E-state index contributed by atoms with van der Waals surface area (Å²) >= 11 is 7.19. The van der Waals surface area contributed by atoms with E-state index in [9.17, 15) is 4.79 Å². The van der Waals surface area contributed by atoms with E-state index in [1.807, 2.05) is 18.3 Å². The summed E-state index contributed by atoms with van der Waals surface area (Å²) in [4.78, 5) is 28.5. The maximum absolute atomic E-state index is 12.3. The predicted molar refractivity (Wildman–Crippen MR) is 164 cm³/mol. The number of amides is 1. The van der Waals surface area contributed by atoms with Crippen LogP contribution in [0.5, 0.6) is 11.8 Å². The molecule has 4 heterocycles. The van der Waals surface area contributed by atoms with Gasteiger partial charge in [-0.05, 0) is 57.0 Å². The third-order valence-electron chi connectivity index (χ3n) is 8.43. The van der Waals surface area contributed by atoms with Crippen LogP contribution >= 0.6 is 11.6 Å². The Bertz CT molecular complexity index is 1690. The Morgan fingerprint density at radius 3 is 2.57 bits per heavy atom. The van der Waals surface area contributed by atoms with E-state index >= 15 is 0 Å². The van der Waals surface area contributed by atoms with Crippen LogP contribution in [0.2, 0.25) is 5.02 Å². The molecule has 1 amide bonds. The van der Waals surface area contributed by atoms with Gasteiger partial charge in [0.1, 0.15) is 17.4 Å². The number of halogens is 1. The maximum Gasteiger partial charge on any atom is 0.319 e. The minimum atomic E-state index is -0.0619. The molecule has 2 aromatic heterocycles. The highest BCUT2D eigenvalue weighted by molar-refractivity contribution is 6.35. The third-order valence-corrected chi connectivity index (χ3v) is 8.73. The lowest BCUT2D eigenvalue weighted by Crippen LogP contribution is -2.48. The van der Waals surface area contributed by atoms with Crippen molar-refractivity contribution in [2.24, 2.45) is 0 Å². The van der Waals surface area contributed by atoms with Crippen molar-refractivity contribution in [1.29, 1.82) is 0 Å². The van der Waals surface area contributed by atoms with Crippen molar-refractivity contribution >= 4 is 45.1 Å². The first-order valence-corrected chi connectivity index (χ1v) is 14.9. The van der Waals surface area contributed by atoms with E-state index in [0.717, 1.165) is 71.1 Å². The summed E-state index contributed by atoms with van der Waals surface area (Å²) in [6.45, 7) is 9.86. The largest absolute Gasteiger partial charge is 0.487 e. The predicted octanol–water partition coefficient (Wildman–Crippen LogP) is 4.59. The highest BCUT2D eigenvalue weighted by Crippen LogP contribution is 2.48. The van der Waals surface area contributed by atoms with E-state index in [4.69, 9.17) is 31.0 Å². The van der Waals surface area contributed by atoms with E-state index in [0.29, 0.717) is 48.5 Å². The molecule has 218 valence electrons. The fourth-order valence-corrected chi connectivity index (χ4v) is 6.32. The number of aromatic amines is 1. The van der Waals surface area contributed by atoms with Gasteiger partial charge in [0.15, 0.2) is 5.75 Å². The Hall–Kier alpha value is -3.89. The first-order chi connectivity index (χ1) is 20.4. The number of benzene rings is 2. The number of fused-ring (bicyclic) bond motifs is 2. The molecule has 11 heteroatoms. The van der Waals surface area contributed by atoms with Gasteiger partial charge in [-0.1, -0.05) is 24.2 Å². The van der Waals surface area contributed by atoms with Crippen molar-refractivity contribution < 1.29 is 14.3 Å². The molecule has 0 spiro atoms. The molecular weight excluding hydrogens is 554 g/mol. The van der Waals surface area contributed by atoms with Crippen molar-refractivity contribution in [2.45, 2.75) is 38.4 Å². The van der Waals surface area contributed by atoms with Crippen molar-refractivity contribution in [3.63, 3.8) is 0 Å². The second-order valence-corrected chi connectivity index (χ2v) is 11.9. The van der Waals surface area contributed by atoms with Crippen molar-refractivity contribution in [2.75, 3.05) is 51.2 Å². The van der Waals surface area contributed by atoms with Crippen LogP contribution < -0.4 is 14.4 Å². The standard InChI is InChI=1S/C31H34ClN7O3/c1-4-25(40)38-11-13-39(14-12-38)30-21-15-23(32)27(26-18(2)5-8-24-22(26)16-33-36-24)29(41-19-6-7-19)28(21)34-31(35-30)42-20-9-10-37(3)17-20/h4-5,8,15-16,19-20H,1,6-7,9-14,17H2,2-3H3,(H,33,36)/t20-/m0/s1. The van der Waals surface area contributed by atoms with Crippen LogP contribution in [0.1, 0.15) is 24.8 Å². The summed E-state index contributed by atoms with van der Waals surface area (Å²) < 4.78 is 13.1.